The molecule has 0 saturated carbocycles. The maximum absolute atomic E-state index is 13.4. The zero-order valence-electron chi connectivity index (χ0n) is 19.5. The number of amides is 4. The number of benzene rings is 1. The van der Waals surface area contributed by atoms with Crippen LogP contribution in [0.25, 0.3) is 0 Å². The molecule has 5 N–H and O–H groups in total. The predicted octanol–water partition coefficient (Wildman–Crippen LogP) is 1.58. The van der Waals surface area contributed by atoms with Gasteiger partial charge in [-0.1, -0.05) is 12.1 Å². The molecular weight excluding hydrogens is 416 g/mol. The van der Waals surface area contributed by atoms with E-state index < -0.39 is 47.9 Å². The summed E-state index contributed by atoms with van der Waals surface area (Å²) in [6.07, 6.45) is -1.36. The van der Waals surface area contributed by atoms with E-state index in [9.17, 15) is 24.3 Å². The molecule has 10 heteroatoms. The molecule has 0 radical (unpaired) electrons. The van der Waals surface area contributed by atoms with Crippen molar-refractivity contribution < 1.29 is 29.0 Å². The van der Waals surface area contributed by atoms with Gasteiger partial charge in [0.25, 0.3) is 0 Å². The van der Waals surface area contributed by atoms with Crippen LogP contribution in [-0.4, -0.2) is 58.1 Å². The van der Waals surface area contributed by atoms with Crippen molar-refractivity contribution in [1.29, 1.82) is 0 Å². The second kappa shape index (κ2) is 11.4. The van der Waals surface area contributed by atoms with E-state index in [1.807, 2.05) is 0 Å². The monoisotopic (exact) mass is 450 g/mol. The van der Waals surface area contributed by atoms with E-state index in [4.69, 9.17) is 10.5 Å². The molecule has 0 aliphatic carbocycles. The average molecular weight is 451 g/mol. The first-order valence-electron chi connectivity index (χ1n) is 10.4. The molecule has 1 aromatic carbocycles. The highest BCUT2D eigenvalue weighted by molar-refractivity contribution is 5.94. The lowest BCUT2D eigenvalue weighted by Gasteiger charge is -2.34. The van der Waals surface area contributed by atoms with Gasteiger partial charge in [-0.15, -0.1) is 0 Å². The largest absolute Gasteiger partial charge is 0.508 e. The Bertz CT molecular complexity index is 817. The van der Waals surface area contributed by atoms with Crippen molar-refractivity contribution in [3.05, 3.63) is 29.8 Å². The van der Waals surface area contributed by atoms with Crippen LogP contribution in [-0.2, 0) is 19.1 Å². The number of nitrogens with zero attached hydrogens (tertiary/aromatic N) is 1. The molecule has 32 heavy (non-hydrogen) atoms. The molecule has 0 spiro atoms. The van der Waals surface area contributed by atoms with Crippen LogP contribution >= 0.6 is 0 Å². The molecule has 1 rings (SSSR count). The fraction of sp³-hybridized carbons (Fsp3) is 0.545. The average Bonchev–Trinajstić information content (AvgIpc) is 2.63. The van der Waals surface area contributed by atoms with Gasteiger partial charge in [-0.25, -0.2) is 4.79 Å². The molecule has 0 saturated heterocycles. The molecule has 178 valence electrons. The highest BCUT2D eigenvalue weighted by atomic mass is 16.6. The first-order valence-corrected chi connectivity index (χ1v) is 10.4. The molecule has 0 aliphatic heterocycles. The van der Waals surface area contributed by atoms with Crippen LogP contribution in [0.15, 0.2) is 24.3 Å². The molecule has 1 aromatic rings. The lowest BCUT2D eigenvalue weighted by molar-refractivity contribution is -0.143. The molecular formula is C22H34N4O6. The summed E-state index contributed by atoms with van der Waals surface area (Å²) in [5, 5.41) is 14.8. The van der Waals surface area contributed by atoms with Gasteiger partial charge < -0.3 is 31.1 Å². The summed E-state index contributed by atoms with van der Waals surface area (Å²) in [6, 6.07) is 3.28. The number of carbonyl (C=O) groups is 4. The highest BCUT2D eigenvalue weighted by Crippen LogP contribution is 2.25. The summed E-state index contributed by atoms with van der Waals surface area (Å²) in [7, 11) is 0. The van der Waals surface area contributed by atoms with Gasteiger partial charge in [0, 0.05) is 12.6 Å². The lowest BCUT2D eigenvalue weighted by atomic mass is 10.0. The van der Waals surface area contributed by atoms with Gasteiger partial charge in [0.05, 0.1) is 6.42 Å². The Morgan fingerprint density at radius 3 is 2.09 bits per heavy atom. The standard InChI is InChI=1S/C22H34N4O6/c1-7-26(18(19(29)24-13(2)3)14-8-10-15(27)11-9-14)20(30)16(12-17(23)28)25-21(31)32-22(4,5)6/h8-11,13,16,18,27H,7,12H2,1-6H3,(H2,23,28)(H,24,29)(H,25,31). The lowest BCUT2D eigenvalue weighted by Crippen LogP contribution is -2.54. The molecule has 0 aliphatic rings. The van der Waals surface area contributed by atoms with Crippen molar-refractivity contribution in [3.8, 4) is 5.75 Å². The van der Waals surface area contributed by atoms with Crippen molar-refractivity contribution in [1.82, 2.24) is 15.5 Å². The Balaban J connectivity index is 3.32. The summed E-state index contributed by atoms with van der Waals surface area (Å²) in [5.41, 5.74) is 4.93. The number of likely N-dealkylation sites (N-methyl/N-ethyl adjacent to an activating group) is 1. The first-order chi connectivity index (χ1) is 14.7. The van der Waals surface area contributed by atoms with Crippen LogP contribution in [0.1, 0.15) is 59.6 Å². The van der Waals surface area contributed by atoms with Crippen molar-refractivity contribution in [2.45, 2.75) is 71.7 Å². The third-order valence-corrected chi connectivity index (χ3v) is 4.22. The minimum atomic E-state index is -1.33. The maximum Gasteiger partial charge on any atom is 0.408 e. The summed E-state index contributed by atoms with van der Waals surface area (Å²) < 4.78 is 5.19. The molecule has 4 amide bonds. The summed E-state index contributed by atoms with van der Waals surface area (Å²) in [4.78, 5) is 51.5. The zero-order chi connectivity index (χ0) is 24.6. The topological polar surface area (TPSA) is 151 Å². The Hall–Kier alpha value is -3.30. The molecule has 2 unspecified atom stereocenters. The van der Waals surface area contributed by atoms with Gasteiger partial charge in [-0.05, 0) is 59.2 Å². The highest BCUT2D eigenvalue weighted by Gasteiger charge is 2.36. The second-order valence-corrected chi connectivity index (χ2v) is 8.65. The van der Waals surface area contributed by atoms with Gasteiger partial charge in [-0.3, -0.25) is 14.4 Å². The molecule has 0 fully saturated rings. The van der Waals surface area contributed by atoms with Crippen LogP contribution in [0.2, 0.25) is 0 Å². The number of hydrogen-bond acceptors (Lipinski definition) is 6. The van der Waals surface area contributed by atoms with Crippen molar-refractivity contribution in [2.75, 3.05) is 6.54 Å². The molecule has 0 bridgehead atoms. The minimum Gasteiger partial charge on any atom is -0.508 e. The Kier molecular flexibility index (Phi) is 9.49. The summed E-state index contributed by atoms with van der Waals surface area (Å²) in [6.45, 7) is 10.3. The van der Waals surface area contributed by atoms with Crippen molar-refractivity contribution in [3.63, 3.8) is 0 Å². The summed E-state index contributed by atoms with van der Waals surface area (Å²) >= 11 is 0. The number of alkyl carbamates (subject to hydrolysis) is 1. The molecule has 10 nitrogen and oxygen atoms in total. The van der Waals surface area contributed by atoms with Gasteiger partial charge >= 0.3 is 6.09 Å². The third-order valence-electron chi connectivity index (χ3n) is 4.22. The number of ether oxygens (including phenoxy) is 1. The summed E-state index contributed by atoms with van der Waals surface area (Å²) in [5.74, 6) is -1.92. The second-order valence-electron chi connectivity index (χ2n) is 8.65. The number of phenols is 1. The first kappa shape index (κ1) is 26.7. The fourth-order valence-corrected chi connectivity index (χ4v) is 3.01. The van der Waals surface area contributed by atoms with E-state index in [0.29, 0.717) is 5.56 Å². The number of phenolic OH excluding ortho intramolecular Hbond substituents is 1. The van der Waals surface area contributed by atoms with Gasteiger partial charge in [0.1, 0.15) is 23.4 Å². The smallest absolute Gasteiger partial charge is 0.408 e. The van der Waals surface area contributed by atoms with Crippen LogP contribution in [0, 0.1) is 0 Å². The van der Waals surface area contributed by atoms with Crippen LogP contribution < -0.4 is 16.4 Å². The van der Waals surface area contributed by atoms with E-state index >= 15 is 0 Å². The number of primary amides is 1. The zero-order valence-corrected chi connectivity index (χ0v) is 19.5. The van der Waals surface area contributed by atoms with Crippen LogP contribution in [0.5, 0.6) is 5.75 Å². The van der Waals surface area contributed by atoms with E-state index in [2.05, 4.69) is 10.6 Å². The SMILES string of the molecule is CCN(C(=O)C(CC(N)=O)NC(=O)OC(C)(C)C)C(C(=O)NC(C)C)c1ccc(O)cc1. The quantitative estimate of drug-likeness (QED) is 0.448. The van der Waals surface area contributed by atoms with E-state index in [0.717, 1.165) is 0 Å². The Morgan fingerprint density at radius 1 is 1.09 bits per heavy atom. The normalized spacial score (nSPS) is 13.1. The fourth-order valence-electron chi connectivity index (χ4n) is 3.01. The van der Waals surface area contributed by atoms with Crippen LogP contribution in [0.4, 0.5) is 4.79 Å². The number of carbonyl (C=O) groups excluding carboxylic acids is 4. The third kappa shape index (κ3) is 8.44. The Morgan fingerprint density at radius 2 is 1.66 bits per heavy atom. The van der Waals surface area contributed by atoms with Crippen molar-refractivity contribution >= 4 is 23.8 Å². The number of rotatable bonds is 9. The minimum absolute atomic E-state index is 0.00402. The van der Waals surface area contributed by atoms with Crippen molar-refractivity contribution in [2.24, 2.45) is 5.73 Å². The van der Waals surface area contributed by atoms with Gasteiger partial charge in [0.15, 0.2) is 0 Å². The molecule has 0 heterocycles. The maximum atomic E-state index is 13.4. The molecule has 0 aromatic heterocycles. The van der Waals surface area contributed by atoms with Crippen LogP contribution in [0.3, 0.4) is 0 Å². The van der Waals surface area contributed by atoms with E-state index in [1.165, 1.54) is 29.2 Å². The van der Waals surface area contributed by atoms with E-state index in [1.54, 1.807) is 41.5 Å². The van der Waals surface area contributed by atoms with Gasteiger partial charge in [-0.2, -0.15) is 0 Å². The number of hydrogen-bond donors (Lipinski definition) is 4. The van der Waals surface area contributed by atoms with E-state index in [-0.39, 0.29) is 18.3 Å². The predicted molar refractivity (Wildman–Crippen MR) is 118 cm³/mol. The van der Waals surface area contributed by atoms with Gasteiger partial charge in [0.2, 0.25) is 17.7 Å². The molecule has 2 atom stereocenters. The Labute approximate surface area is 188 Å². The number of nitrogens with two attached hydrogens (primary N) is 1. The number of aromatic hydroxyl groups is 1. The number of nitrogens with one attached hydrogen (secondary N) is 2.